The quantitative estimate of drug-likeness (QED) is 0.567. The Labute approximate surface area is 166 Å². The summed E-state index contributed by atoms with van der Waals surface area (Å²) >= 11 is -0.750. The zero-order valence-electron chi connectivity index (χ0n) is 16.2. The highest BCUT2D eigenvalue weighted by Gasteiger charge is 1.83. The molecule has 0 aliphatic carbocycles. The van der Waals surface area contributed by atoms with E-state index in [1.165, 1.54) is 16.7 Å². The van der Waals surface area contributed by atoms with Crippen molar-refractivity contribution in [1.29, 1.82) is 0 Å². The molecule has 3 rings (SSSR count). The minimum absolute atomic E-state index is 0. The number of benzene rings is 3. The monoisotopic (exact) mass is 387 g/mol. The van der Waals surface area contributed by atoms with Gasteiger partial charge in [-0.3, -0.25) is 0 Å². The van der Waals surface area contributed by atoms with Crippen molar-refractivity contribution in [3.63, 3.8) is 0 Å². The van der Waals surface area contributed by atoms with Crippen molar-refractivity contribution in [2.45, 2.75) is 20.8 Å². The van der Waals surface area contributed by atoms with E-state index in [1.807, 2.05) is 61.4 Å². The van der Waals surface area contributed by atoms with Crippen LogP contribution in [0.15, 0.2) is 91.0 Å². The Morgan fingerprint density at radius 3 is 0.963 bits per heavy atom. The van der Waals surface area contributed by atoms with E-state index in [1.54, 1.807) is 0 Å². The number of hydrogen-bond donors (Lipinski definition) is 1. The summed E-state index contributed by atoms with van der Waals surface area (Å²) in [5, 5.41) is 0. The van der Waals surface area contributed by atoms with Crippen LogP contribution in [0.3, 0.4) is 0 Å². The standard InChI is InChI=1S/C8H10.C7H8.C6H6.CH2O.H3N.O2S/c1-7-5-3-4-6-8(7)2;1-7-5-3-2-4-6-7;1-2-4-6-5-3-1;1-2;;1-3-2/h3-6H,1-2H3;2-6H,1H3;1-6H;1H2;1H3;. The van der Waals surface area contributed by atoms with Crippen LogP contribution < -0.4 is 6.15 Å². The lowest BCUT2D eigenvalue weighted by Crippen LogP contribution is -1.74. The van der Waals surface area contributed by atoms with Crippen LogP contribution in [0, 0.1) is 20.8 Å². The van der Waals surface area contributed by atoms with E-state index < -0.39 is 11.6 Å². The highest BCUT2D eigenvalue weighted by molar-refractivity contribution is 7.51. The summed E-state index contributed by atoms with van der Waals surface area (Å²) in [5.74, 6) is 0. The van der Waals surface area contributed by atoms with Crippen LogP contribution in [0.2, 0.25) is 0 Å². The Morgan fingerprint density at radius 2 is 0.778 bits per heavy atom. The van der Waals surface area contributed by atoms with E-state index in [9.17, 15) is 0 Å². The summed E-state index contributed by atoms with van der Waals surface area (Å²) in [6.45, 7) is 8.32. The highest BCUT2D eigenvalue weighted by atomic mass is 32.1. The summed E-state index contributed by atoms with van der Waals surface area (Å²) in [6, 6.07) is 30.6. The maximum atomic E-state index is 8.29. The van der Waals surface area contributed by atoms with Crippen molar-refractivity contribution < 1.29 is 13.2 Å². The van der Waals surface area contributed by atoms with E-state index >= 15 is 0 Å². The van der Waals surface area contributed by atoms with Crippen molar-refractivity contribution in [1.82, 2.24) is 6.15 Å². The predicted octanol–water partition coefficient (Wildman–Crippen LogP) is 5.29. The van der Waals surface area contributed by atoms with E-state index in [0.717, 1.165) is 0 Å². The molecule has 0 aliphatic heterocycles. The van der Waals surface area contributed by atoms with Gasteiger partial charge in [0.2, 0.25) is 0 Å². The first-order valence-corrected chi connectivity index (χ1v) is 8.53. The van der Waals surface area contributed by atoms with Crippen molar-refractivity contribution in [3.05, 3.63) is 108 Å². The molecule has 0 amide bonds. The van der Waals surface area contributed by atoms with E-state index in [2.05, 4.69) is 57.2 Å². The first-order valence-electron chi connectivity index (χ1n) is 7.86. The van der Waals surface area contributed by atoms with Gasteiger partial charge >= 0.3 is 11.6 Å². The molecule has 0 saturated heterocycles. The number of carbonyl (C=O) groups excluding carboxylic acids is 1. The molecule has 0 unspecified atom stereocenters. The lowest BCUT2D eigenvalue weighted by atomic mass is 10.1. The number of carbonyl (C=O) groups is 1. The molecule has 27 heavy (non-hydrogen) atoms. The molecule has 3 aromatic carbocycles. The first-order chi connectivity index (χ1) is 12.6. The van der Waals surface area contributed by atoms with Crippen molar-refractivity contribution >= 4 is 18.4 Å². The molecule has 0 radical (unpaired) electrons. The lowest BCUT2D eigenvalue weighted by molar-refractivity contribution is -0.0979. The molecule has 0 aliphatic rings. The Hall–Kier alpha value is -2.89. The van der Waals surface area contributed by atoms with Gasteiger partial charge < -0.3 is 10.9 Å². The Balaban J connectivity index is -0.000000283. The SMILES string of the molecule is C=O.Cc1ccccc1.Cc1ccccc1C.N.O=S=O.c1ccccc1. The van der Waals surface area contributed by atoms with Gasteiger partial charge in [0.15, 0.2) is 0 Å². The average Bonchev–Trinajstić information content (AvgIpc) is 2.69. The fourth-order valence-corrected chi connectivity index (χ4v) is 1.58. The molecule has 0 atom stereocenters. The zero-order chi connectivity index (χ0) is 20.0. The fraction of sp³-hybridized carbons (Fsp3) is 0.136. The molecule has 146 valence electrons. The summed E-state index contributed by atoms with van der Waals surface area (Å²) in [5.41, 5.74) is 4.06. The van der Waals surface area contributed by atoms with Gasteiger partial charge in [0, 0.05) is 0 Å². The average molecular weight is 388 g/mol. The highest BCUT2D eigenvalue weighted by Crippen LogP contribution is 2.02. The van der Waals surface area contributed by atoms with Crippen LogP contribution in [0.25, 0.3) is 0 Å². The maximum absolute atomic E-state index is 8.29. The molecular weight excluding hydrogens is 358 g/mol. The smallest absolute Gasteiger partial charge is 0.335 e. The molecule has 5 heteroatoms. The van der Waals surface area contributed by atoms with Gasteiger partial charge in [-0.05, 0) is 31.9 Å². The van der Waals surface area contributed by atoms with Gasteiger partial charge in [0.05, 0.1) is 0 Å². The van der Waals surface area contributed by atoms with Gasteiger partial charge in [-0.1, -0.05) is 96.6 Å². The minimum atomic E-state index is -0.750. The summed E-state index contributed by atoms with van der Waals surface area (Å²) in [4.78, 5) is 8.00. The zero-order valence-corrected chi connectivity index (χ0v) is 17.0. The molecule has 3 aromatic rings. The van der Waals surface area contributed by atoms with Gasteiger partial charge in [-0.25, -0.2) is 0 Å². The van der Waals surface area contributed by atoms with E-state index in [0.29, 0.717) is 0 Å². The molecule has 0 aromatic heterocycles. The Morgan fingerprint density at radius 1 is 0.556 bits per heavy atom. The second-order valence-corrected chi connectivity index (χ2v) is 5.10. The van der Waals surface area contributed by atoms with Crippen LogP contribution in [0.1, 0.15) is 16.7 Å². The molecule has 0 heterocycles. The number of rotatable bonds is 0. The van der Waals surface area contributed by atoms with E-state index in [-0.39, 0.29) is 6.15 Å². The van der Waals surface area contributed by atoms with Gasteiger partial charge in [-0.15, -0.1) is 0 Å². The molecule has 0 spiro atoms. The van der Waals surface area contributed by atoms with Crippen molar-refractivity contribution in [2.24, 2.45) is 0 Å². The molecule has 0 saturated carbocycles. The number of hydrogen-bond acceptors (Lipinski definition) is 4. The third-order valence-electron chi connectivity index (χ3n) is 3.03. The molecule has 0 bridgehead atoms. The third-order valence-corrected chi connectivity index (χ3v) is 3.03. The molecule has 0 fully saturated rings. The first kappa shape index (κ1) is 28.9. The largest absolute Gasteiger partial charge is 0.344 e. The minimum Gasteiger partial charge on any atom is -0.344 e. The van der Waals surface area contributed by atoms with Gasteiger partial charge in [-0.2, -0.15) is 8.42 Å². The Kier molecular flexibility index (Phi) is 24.7. The lowest BCUT2D eigenvalue weighted by Gasteiger charge is -1.93. The molecular formula is C22H29NO3S. The summed E-state index contributed by atoms with van der Waals surface area (Å²) in [7, 11) is 0. The van der Waals surface area contributed by atoms with Crippen molar-refractivity contribution in [2.75, 3.05) is 0 Å². The normalized spacial score (nSPS) is 7.37. The van der Waals surface area contributed by atoms with Crippen LogP contribution >= 0.6 is 0 Å². The van der Waals surface area contributed by atoms with Gasteiger partial charge in [0.1, 0.15) is 6.79 Å². The fourth-order valence-electron chi connectivity index (χ4n) is 1.58. The topological polar surface area (TPSA) is 86.2 Å². The maximum Gasteiger partial charge on any atom is 0.335 e. The Bertz CT molecular complexity index is 653. The van der Waals surface area contributed by atoms with Crippen LogP contribution in [0.4, 0.5) is 0 Å². The van der Waals surface area contributed by atoms with Crippen LogP contribution in [-0.4, -0.2) is 15.2 Å². The van der Waals surface area contributed by atoms with Crippen LogP contribution in [-0.2, 0) is 16.4 Å². The number of aryl methyl sites for hydroxylation is 3. The second kappa shape index (κ2) is 23.1. The van der Waals surface area contributed by atoms with Crippen molar-refractivity contribution in [3.8, 4) is 0 Å². The van der Waals surface area contributed by atoms with E-state index in [4.69, 9.17) is 13.2 Å². The second-order valence-electron chi connectivity index (χ2n) is 4.96. The van der Waals surface area contributed by atoms with Crippen LogP contribution in [0.5, 0.6) is 0 Å². The molecule has 3 N–H and O–H groups in total. The predicted molar refractivity (Wildman–Crippen MR) is 115 cm³/mol. The van der Waals surface area contributed by atoms with Gasteiger partial charge in [0.25, 0.3) is 0 Å². The third kappa shape index (κ3) is 21.1. The molecule has 4 nitrogen and oxygen atoms in total. The summed E-state index contributed by atoms with van der Waals surface area (Å²) in [6.07, 6.45) is 0. The summed E-state index contributed by atoms with van der Waals surface area (Å²) < 4.78 is 16.6.